The summed E-state index contributed by atoms with van der Waals surface area (Å²) in [5.41, 5.74) is 4.85. The molecule has 1 amide bonds. The zero-order valence-electron chi connectivity index (χ0n) is 26.7. The zero-order chi connectivity index (χ0) is 33.8. The van der Waals surface area contributed by atoms with Crippen LogP contribution in [0.25, 0.3) is 22.4 Å². The van der Waals surface area contributed by atoms with Crippen LogP contribution in [0.5, 0.6) is 0 Å². The third-order valence-corrected chi connectivity index (χ3v) is 7.96. The summed E-state index contributed by atoms with van der Waals surface area (Å²) < 4.78 is 26.5. The summed E-state index contributed by atoms with van der Waals surface area (Å²) in [5, 5.41) is 25.3. The first kappa shape index (κ1) is 36.0. The molecular formula is C37H42BrFN2O6. The number of alkyl halides is 1. The van der Waals surface area contributed by atoms with Gasteiger partial charge in [-0.25, -0.2) is 4.39 Å². The third-order valence-electron chi connectivity index (χ3n) is 7.63. The van der Waals surface area contributed by atoms with Gasteiger partial charge in [0, 0.05) is 28.8 Å². The summed E-state index contributed by atoms with van der Waals surface area (Å²) >= 11 is 3.25. The smallest absolute Gasteiger partial charge is 0.308 e. The first-order valence-electron chi connectivity index (χ1n) is 15.8. The Morgan fingerprint density at radius 3 is 2.17 bits per heavy atom. The molecule has 2 atom stereocenters. The van der Waals surface area contributed by atoms with Crippen LogP contribution in [0.4, 0.5) is 10.1 Å². The minimum absolute atomic E-state index is 0.0355. The second-order valence-electron chi connectivity index (χ2n) is 11.5. The number of rotatable bonds is 17. The fraction of sp³-hybridized carbons (Fsp3) is 0.351. The van der Waals surface area contributed by atoms with Gasteiger partial charge >= 0.3 is 5.97 Å². The minimum atomic E-state index is -1.10. The number of nitrogens with zero attached hydrogens (tertiary/aromatic N) is 1. The van der Waals surface area contributed by atoms with Crippen LogP contribution in [0, 0.1) is 5.82 Å². The van der Waals surface area contributed by atoms with Crippen LogP contribution >= 0.6 is 15.9 Å². The van der Waals surface area contributed by atoms with Gasteiger partial charge in [-0.05, 0) is 66.3 Å². The van der Waals surface area contributed by atoms with Crippen molar-refractivity contribution in [2.45, 2.75) is 57.8 Å². The largest absolute Gasteiger partial charge is 0.463 e. The fourth-order valence-electron chi connectivity index (χ4n) is 5.62. The first-order chi connectivity index (χ1) is 22.7. The number of ether oxygens (including phenoxy) is 2. The van der Waals surface area contributed by atoms with Gasteiger partial charge in [-0.1, -0.05) is 78.3 Å². The maximum atomic E-state index is 14.2. The summed E-state index contributed by atoms with van der Waals surface area (Å²) in [4.78, 5) is 26.3. The van der Waals surface area contributed by atoms with Crippen LogP contribution in [-0.2, 0) is 20.8 Å². The van der Waals surface area contributed by atoms with Crippen molar-refractivity contribution < 1.29 is 33.7 Å². The number of halogens is 2. The molecule has 0 spiro atoms. The molecule has 1 aromatic heterocycles. The lowest BCUT2D eigenvalue weighted by atomic mass is 9.94. The Labute approximate surface area is 283 Å². The first-order valence-corrected chi connectivity index (χ1v) is 16.9. The Kier molecular flexibility index (Phi) is 13.7. The summed E-state index contributed by atoms with van der Waals surface area (Å²) in [6, 6.07) is 25.0. The fourth-order valence-corrected chi connectivity index (χ4v) is 5.85. The van der Waals surface area contributed by atoms with Crippen LogP contribution in [-0.4, -0.2) is 64.0 Å². The van der Waals surface area contributed by atoms with E-state index < -0.39 is 18.2 Å². The topological polar surface area (TPSA) is 110 Å². The number of esters is 1. The van der Waals surface area contributed by atoms with Gasteiger partial charge in [-0.2, -0.15) is 0 Å². The SMILES string of the molecule is CC(C)c1c(C(=O)Nc2ccccc2)c(-c2ccccc2)c(-c2ccc(F)cc2)n1CC[C@@H](O)C[C@@H](O)CC(=O)OCCOCCBr. The molecule has 47 heavy (non-hydrogen) atoms. The Bertz CT molecular complexity index is 1580. The summed E-state index contributed by atoms with van der Waals surface area (Å²) in [7, 11) is 0. The van der Waals surface area contributed by atoms with E-state index >= 15 is 0 Å². The lowest BCUT2D eigenvalue weighted by Crippen LogP contribution is -2.24. The Morgan fingerprint density at radius 1 is 0.872 bits per heavy atom. The van der Waals surface area contributed by atoms with E-state index in [0.717, 1.165) is 17.0 Å². The van der Waals surface area contributed by atoms with Crippen LogP contribution in [0.3, 0.4) is 0 Å². The van der Waals surface area contributed by atoms with Crippen LogP contribution in [0.1, 0.15) is 55.1 Å². The number of amides is 1. The van der Waals surface area contributed by atoms with E-state index in [9.17, 15) is 24.2 Å². The van der Waals surface area contributed by atoms with Crippen molar-refractivity contribution in [2.75, 3.05) is 30.5 Å². The number of hydrogen-bond acceptors (Lipinski definition) is 6. The van der Waals surface area contributed by atoms with E-state index in [1.807, 2.05) is 79.1 Å². The van der Waals surface area contributed by atoms with E-state index in [2.05, 4.69) is 21.2 Å². The van der Waals surface area contributed by atoms with E-state index in [0.29, 0.717) is 40.9 Å². The number of aliphatic hydroxyl groups is 2. The predicted octanol–water partition coefficient (Wildman–Crippen LogP) is 7.18. The van der Waals surface area contributed by atoms with Crippen molar-refractivity contribution in [3.05, 3.63) is 102 Å². The molecule has 0 aliphatic heterocycles. The molecule has 0 saturated carbocycles. The van der Waals surface area contributed by atoms with Gasteiger partial charge in [0.15, 0.2) is 0 Å². The lowest BCUT2D eigenvalue weighted by Gasteiger charge is -2.20. The maximum Gasteiger partial charge on any atom is 0.308 e. The molecule has 3 N–H and O–H groups in total. The zero-order valence-corrected chi connectivity index (χ0v) is 28.3. The van der Waals surface area contributed by atoms with Crippen molar-refractivity contribution in [3.63, 3.8) is 0 Å². The minimum Gasteiger partial charge on any atom is -0.463 e. The van der Waals surface area contributed by atoms with Gasteiger partial charge in [0.05, 0.1) is 43.1 Å². The highest BCUT2D eigenvalue weighted by molar-refractivity contribution is 9.09. The van der Waals surface area contributed by atoms with Gasteiger partial charge in [-0.15, -0.1) is 0 Å². The molecule has 0 unspecified atom stereocenters. The summed E-state index contributed by atoms with van der Waals surface area (Å²) in [6.45, 7) is 5.15. The molecule has 4 rings (SSSR count). The highest BCUT2D eigenvalue weighted by Gasteiger charge is 2.31. The van der Waals surface area contributed by atoms with Gasteiger partial charge in [0.25, 0.3) is 5.91 Å². The number of hydrogen-bond donors (Lipinski definition) is 3. The number of nitrogens with one attached hydrogen (secondary N) is 1. The lowest BCUT2D eigenvalue weighted by molar-refractivity contribution is -0.147. The molecule has 0 saturated heterocycles. The number of carbonyl (C=O) groups excluding carboxylic acids is 2. The molecule has 0 fully saturated rings. The third kappa shape index (κ3) is 10.1. The Hall–Kier alpha value is -3.83. The molecule has 10 heteroatoms. The summed E-state index contributed by atoms with van der Waals surface area (Å²) in [5.74, 6) is -1.35. The van der Waals surface area contributed by atoms with Crippen LogP contribution in [0.2, 0.25) is 0 Å². The van der Waals surface area contributed by atoms with Gasteiger partial charge in [0.2, 0.25) is 0 Å². The standard InChI is InChI=1S/C37H42BrFN2O6/c1-25(2)35-34(37(45)40-29-11-7-4-8-12-29)33(26-9-5-3-6-10-26)36(27-13-15-28(39)16-14-27)41(35)19-17-30(42)23-31(43)24-32(44)47-22-21-46-20-18-38/h3-16,25,30-31,42-43H,17-24H2,1-2H3,(H,40,45)/t30-,31-/m1/s1. The van der Waals surface area contributed by atoms with Crippen LogP contribution < -0.4 is 5.32 Å². The molecule has 0 aliphatic rings. The average Bonchev–Trinajstić information content (AvgIpc) is 3.40. The summed E-state index contributed by atoms with van der Waals surface area (Å²) in [6.07, 6.45) is -2.11. The highest BCUT2D eigenvalue weighted by Crippen LogP contribution is 2.42. The second kappa shape index (κ2) is 17.9. The normalized spacial score (nSPS) is 12.6. The van der Waals surface area contributed by atoms with E-state index in [1.54, 1.807) is 12.1 Å². The molecule has 4 aromatic rings. The molecule has 0 aliphatic carbocycles. The molecule has 8 nitrogen and oxygen atoms in total. The number of aliphatic hydroxyl groups excluding tert-OH is 2. The average molecular weight is 710 g/mol. The van der Waals surface area contributed by atoms with Gasteiger partial charge < -0.3 is 29.6 Å². The molecular weight excluding hydrogens is 667 g/mol. The molecule has 1 heterocycles. The van der Waals surface area contributed by atoms with Crippen molar-refractivity contribution >= 4 is 33.5 Å². The Balaban J connectivity index is 1.67. The number of anilines is 1. The van der Waals surface area contributed by atoms with Gasteiger partial charge in [0.1, 0.15) is 12.4 Å². The number of benzene rings is 3. The van der Waals surface area contributed by atoms with Crippen LogP contribution in [0.15, 0.2) is 84.9 Å². The van der Waals surface area contributed by atoms with Gasteiger partial charge in [-0.3, -0.25) is 9.59 Å². The number of carbonyl (C=O) groups is 2. The monoisotopic (exact) mass is 708 g/mol. The highest BCUT2D eigenvalue weighted by atomic mass is 79.9. The number of aromatic nitrogens is 1. The van der Waals surface area contributed by atoms with Crippen molar-refractivity contribution in [1.82, 2.24) is 4.57 Å². The molecule has 250 valence electrons. The van der Waals surface area contributed by atoms with Crippen molar-refractivity contribution in [3.8, 4) is 22.4 Å². The predicted molar refractivity (Wildman–Crippen MR) is 185 cm³/mol. The quantitative estimate of drug-likeness (QED) is 0.0609. The molecule has 3 aromatic carbocycles. The van der Waals surface area contributed by atoms with Crippen molar-refractivity contribution in [1.29, 1.82) is 0 Å². The molecule has 0 radical (unpaired) electrons. The van der Waals surface area contributed by atoms with E-state index in [-0.39, 0.29) is 50.1 Å². The van der Waals surface area contributed by atoms with Crippen molar-refractivity contribution in [2.24, 2.45) is 0 Å². The second-order valence-corrected chi connectivity index (χ2v) is 12.3. The van der Waals surface area contributed by atoms with E-state index in [4.69, 9.17) is 9.47 Å². The van der Waals surface area contributed by atoms with E-state index in [1.165, 1.54) is 12.1 Å². The Morgan fingerprint density at radius 2 is 1.53 bits per heavy atom. The number of para-hydroxylation sites is 1. The maximum absolute atomic E-state index is 14.2. The molecule has 0 bridgehead atoms.